The second kappa shape index (κ2) is 6.61. The Morgan fingerprint density at radius 2 is 1.67 bits per heavy atom. The molecule has 2 atom stereocenters. The number of hydrogen-bond acceptors (Lipinski definition) is 4. The summed E-state index contributed by atoms with van der Waals surface area (Å²) < 4.78 is 10.7. The highest BCUT2D eigenvalue weighted by Crippen LogP contribution is 2.33. The summed E-state index contributed by atoms with van der Waals surface area (Å²) in [6.07, 6.45) is 1.72. The van der Waals surface area contributed by atoms with Crippen LogP contribution in [0.4, 0.5) is 0 Å². The summed E-state index contributed by atoms with van der Waals surface area (Å²) in [7, 11) is 3.31. The third-order valence-corrected chi connectivity index (χ3v) is 3.08. The van der Waals surface area contributed by atoms with E-state index in [9.17, 15) is 0 Å². The highest BCUT2D eigenvalue weighted by molar-refractivity contribution is 5.47. The molecular formula is C14H24N2O2. The van der Waals surface area contributed by atoms with Gasteiger partial charge in [-0.1, -0.05) is 0 Å². The molecule has 0 aliphatic heterocycles. The minimum Gasteiger partial charge on any atom is -0.496 e. The summed E-state index contributed by atoms with van der Waals surface area (Å²) in [5, 5.41) is 0. The number of methoxy groups -OCH3 is 2. The molecule has 0 aliphatic carbocycles. The first-order chi connectivity index (χ1) is 8.49. The van der Waals surface area contributed by atoms with Crippen molar-refractivity contribution in [3.05, 3.63) is 23.3 Å². The summed E-state index contributed by atoms with van der Waals surface area (Å²) in [5.74, 6) is 1.65. The molecule has 0 bridgehead atoms. The van der Waals surface area contributed by atoms with Crippen molar-refractivity contribution in [2.24, 2.45) is 11.5 Å². The Kier molecular flexibility index (Phi) is 5.44. The molecule has 1 aromatic carbocycles. The molecule has 0 aliphatic rings. The van der Waals surface area contributed by atoms with Crippen molar-refractivity contribution in [2.75, 3.05) is 14.2 Å². The molecule has 0 heterocycles. The smallest absolute Gasteiger partial charge is 0.124 e. The lowest BCUT2D eigenvalue weighted by molar-refractivity contribution is 0.390. The van der Waals surface area contributed by atoms with Crippen LogP contribution >= 0.6 is 0 Å². The Balaban J connectivity index is 2.97. The second-order valence-electron chi connectivity index (χ2n) is 4.72. The van der Waals surface area contributed by atoms with Crippen LogP contribution in [0.3, 0.4) is 0 Å². The highest BCUT2D eigenvalue weighted by Gasteiger charge is 2.15. The standard InChI is InChI=1S/C14H24N2O2/c1-9-7-14(18-4)11(8-13(9)17-3)12(16)6-5-10(2)15/h7-8,10,12H,5-6,15-16H2,1-4H3. The molecule has 18 heavy (non-hydrogen) atoms. The summed E-state index contributed by atoms with van der Waals surface area (Å²) in [4.78, 5) is 0. The molecule has 4 nitrogen and oxygen atoms in total. The van der Waals surface area contributed by atoms with Crippen LogP contribution in [0, 0.1) is 6.92 Å². The molecule has 4 heteroatoms. The largest absolute Gasteiger partial charge is 0.496 e. The number of benzene rings is 1. The van der Waals surface area contributed by atoms with Crippen LogP contribution in [0.5, 0.6) is 11.5 Å². The number of rotatable bonds is 6. The lowest BCUT2D eigenvalue weighted by atomic mass is 9.98. The molecule has 0 saturated carbocycles. The zero-order valence-corrected chi connectivity index (χ0v) is 11.7. The van der Waals surface area contributed by atoms with Gasteiger partial charge in [-0.2, -0.15) is 0 Å². The van der Waals surface area contributed by atoms with Gasteiger partial charge in [0.25, 0.3) is 0 Å². The van der Waals surface area contributed by atoms with Gasteiger partial charge in [0.05, 0.1) is 14.2 Å². The van der Waals surface area contributed by atoms with Gasteiger partial charge in [0.2, 0.25) is 0 Å². The lowest BCUT2D eigenvalue weighted by Crippen LogP contribution is -2.19. The average molecular weight is 252 g/mol. The minimum atomic E-state index is -0.0829. The molecule has 1 aromatic rings. The van der Waals surface area contributed by atoms with E-state index >= 15 is 0 Å². The van der Waals surface area contributed by atoms with Gasteiger partial charge in [0.1, 0.15) is 11.5 Å². The van der Waals surface area contributed by atoms with Gasteiger partial charge in [0.15, 0.2) is 0 Å². The minimum absolute atomic E-state index is 0.0829. The van der Waals surface area contributed by atoms with Gasteiger partial charge in [-0.05, 0) is 44.4 Å². The highest BCUT2D eigenvalue weighted by atomic mass is 16.5. The summed E-state index contributed by atoms with van der Waals surface area (Å²) in [5.41, 5.74) is 14.0. The first-order valence-electron chi connectivity index (χ1n) is 6.23. The van der Waals surface area contributed by atoms with Gasteiger partial charge in [-0.3, -0.25) is 0 Å². The fraction of sp³-hybridized carbons (Fsp3) is 0.571. The number of aryl methyl sites for hydroxylation is 1. The molecule has 0 radical (unpaired) electrons. The SMILES string of the molecule is COc1cc(C(N)CCC(C)N)c(OC)cc1C. The monoisotopic (exact) mass is 252 g/mol. The van der Waals surface area contributed by atoms with Gasteiger partial charge in [-0.25, -0.2) is 0 Å². The Bertz CT molecular complexity index is 392. The van der Waals surface area contributed by atoms with Crippen LogP contribution in [0.15, 0.2) is 12.1 Å². The quantitative estimate of drug-likeness (QED) is 0.813. The van der Waals surface area contributed by atoms with Crippen molar-refractivity contribution in [1.82, 2.24) is 0 Å². The van der Waals surface area contributed by atoms with Crippen LogP contribution in [0.25, 0.3) is 0 Å². The molecule has 0 aromatic heterocycles. The molecule has 1 rings (SSSR count). The number of ether oxygens (including phenoxy) is 2. The Morgan fingerprint density at radius 3 is 2.17 bits per heavy atom. The molecule has 0 spiro atoms. The van der Waals surface area contributed by atoms with Crippen LogP contribution in [0.1, 0.15) is 36.9 Å². The molecule has 0 saturated heterocycles. The van der Waals surface area contributed by atoms with E-state index < -0.39 is 0 Å². The van der Waals surface area contributed by atoms with Gasteiger partial charge in [-0.15, -0.1) is 0 Å². The number of nitrogens with two attached hydrogens (primary N) is 2. The van der Waals surface area contributed by atoms with E-state index in [2.05, 4.69) is 0 Å². The van der Waals surface area contributed by atoms with Crippen molar-refractivity contribution < 1.29 is 9.47 Å². The maximum absolute atomic E-state index is 6.20. The summed E-state index contributed by atoms with van der Waals surface area (Å²) >= 11 is 0. The van der Waals surface area contributed by atoms with E-state index in [-0.39, 0.29) is 12.1 Å². The van der Waals surface area contributed by atoms with Crippen molar-refractivity contribution in [2.45, 2.75) is 38.8 Å². The predicted molar refractivity (Wildman–Crippen MR) is 74.1 cm³/mol. The molecule has 102 valence electrons. The Hall–Kier alpha value is -1.26. The molecule has 0 fully saturated rings. The normalized spacial score (nSPS) is 14.1. The van der Waals surface area contributed by atoms with E-state index in [4.69, 9.17) is 20.9 Å². The van der Waals surface area contributed by atoms with Crippen LogP contribution in [-0.4, -0.2) is 20.3 Å². The van der Waals surface area contributed by atoms with Gasteiger partial charge in [0, 0.05) is 17.6 Å². The molecule has 0 amide bonds. The van der Waals surface area contributed by atoms with E-state index in [0.29, 0.717) is 0 Å². The van der Waals surface area contributed by atoms with E-state index in [1.807, 2.05) is 26.0 Å². The van der Waals surface area contributed by atoms with E-state index in [1.165, 1.54) is 0 Å². The maximum Gasteiger partial charge on any atom is 0.124 e. The summed E-state index contributed by atoms with van der Waals surface area (Å²) in [6.45, 7) is 3.97. The van der Waals surface area contributed by atoms with Crippen molar-refractivity contribution in [1.29, 1.82) is 0 Å². The second-order valence-corrected chi connectivity index (χ2v) is 4.72. The maximum atomic E-state index is 6.20. The zero-order valence-electron chi connectivity index (χ0n) is 11.7. The van der Waals surface area contributed by atoms with Crippen molar-refractivity contribution in [3.63, 3.8) is 0 Å². The topological polar surface area (TPSA) is 70.5 Å². The third kappa shape index (κ3) is 3.62. The Morgan fingerprint density at radius 1 is 1.06 bits per heavy atom. The number of hydrogen-bond donors (Lipinski definition) is 2. The fourth-order valence-electron chi connectivity index (χ4n) is 1.96. The zero-order chi connectivity index (χ0) is 13.7. The van der Waals surface area contributed by atoms with E-state index in [1.54, 1.807) is 14.2 Å². The van der Waals surface area contributed by atoms with Crippen LogP contribution < -0.4 is 20.9 Å². The van der Waals surface area contributed by atoms with E-state index in [0.717, 1.165) is 35.5 Å². The van der Waals surface area contributed by atoms with Crippen LogP contribution in [0.2, 0.25) is 0 Å². The fourth-order valence-corrected chi connectivity index (χ4v) is 1.96. The predicted octanol–water partition coefficient (Wildman–Crippen LogP) is 2.14. The average Bonchev–Trinajstić information content (AvgIpc) is 2.35. The van der Waals surface area contributed by atoms with Gasteiger partial charge < -0.3 is 20.9 Å². The first kappa shape index (κ1) is 14.8. The van der Waals surface area contributed by atoms with Crippen molar-refractivity contribution >= 4 is 0 Å². The summed E-state index contributed by atoms with van der Waals surface area (Å²) in [6, 6.07) is 4.00. The Labute approximate surface area is 109 Å². The lowest BCUT2D eigenvalue weighted by Gasteiger charge is -2.19. The molecule has 2 unspecified atom stereocenters. The van der Waals surface area contributed by atoms with Crippen molar-refractivity contribution in [3.8, 4) is 11.5 Å². The molecular weight excluding hydrogens is 228 g/mol. The third-order valence-electron chi connectivity index (χ3n) is 3.08. The first-order valence-corrected chi connectivity index (χ1v) is 6.23. The molecule has 4 N–H and O–H groups in total. The van der Waals surface area contributed by atoms with Gasteiger partial charge >= 0.3 is 0 Å². The van der Waals surface area contributed by atoms with Crippen LogP contribution in [-0.2, 0) is 0 Å².